The molecule has 0 spiro atoms. The standard InChI is InChI=1S/C16H27N3O4/c1-2-3-5-8-18-13(17)12-14(20)19(16(18)21)9-11-23-15-7-4-6-10-22-15/h12,15H,2-11,17H2,1H3. The van der Waals surface area contributed by atoms with Gasteiger partial charge < -0.3 is 15.2 Å². The van der Waals surface area contributed by atoms with Gasteiger partial charge >= 0.3 is 5.69 Å². The van der Waals surface area contributed by atoms with Gasteiger partial charge in [-0.1, -0.05) is 19.8 Å². The lowest BCUT2D eigenvalue weighted by atomic mass is 10.2. The summed E-state index contributed by atoms with van der Waals surface area (Å²) in [7, 11) is 0. The minimum absolute atomic E-state index is 0.214. The minimum atomic E-state index is -0.382. The summed E-state index contributed by atoms with van der Waals surface area (Å²) in [4.78, 5) is 24.5. The summed E-state index contributed by atoms with van der Waals surface area (Å²) >= 11 is 0. The van der Waals surface area contributed by atoms with Crippen molar-refractivity contribution >= 4 is 5.82 Å². The highest BCUT2D eigenvalue weighted by molar-refractivity contribution is 5.26. The first-order chi connectivity index (χ1) is 11.1. The Morgan fingerprint density at radius 1 is 1.26 bits per heavy atom. The van der Waals surface area contributed by atoms with Gasteiger partial charge in [0.25, 0.3) is 5.56 Å². The number of ether oxygens (including phenoxy) is 2. The van der Waals surface area contributed by atoms with Crippen molar-refractivity contribution < 1.29 is 9.47 Å². The van der Waals surface area contributed by atoms with E-state index in [4.69, 9.17) is 15.2 Å². The van der Waals surface area contributed by atoms with Crippen molar-refractivity contribution in [2.45, 2.75) is 64.8 Å². The molecule has 2 N–H and O–H groups in total. The molecular weight excluding hydrogens is 298 g/mol. The third kappa shape index (κ3) is 4.94. The Balaban J connectivity index is 2.00. The van der Waals surface area contributed by atoms with Crippen LogP contribution in [0, 0.1) is 0 Å². The van der Waals surface area contributed by atoms with Crippen molar-refractivity contribution in [3.63, 3.8) is 0 Å². The summed E-state index contributed by atoms with van der Waals surface area (Å²) in [6, 6.07) is 1.31. The molecule has 0 bridgehead atoms. The molecule has 0 aliphatic carbocycles. The van der Waals surface area contributed by atoms with Gasteiger partial charge in [-0.3, -0.25) is 13.9 Å². The van der Waals surface area contributed by atoms with Crippen LogP contribution in [-0.2, 0) is 22.6 Å². The van der Waals surface area contributed by atoms with Crippen LogP contribution in [0.5, 0.6) is 0 Å². The SMILES string of the molecule is CCCCCn1c(N)cc(=O)n(CCOC2CCCCO2)c1=O. The zero-order valence-corrected chi connectivity index (χ0v) is 13.8. The van der Waals surface area contributed by atoms with E-state index in [1.54, 1.807) is 0 Å². The smallest absolute Gasteiger partial charge is 0.332 e. The van der Waals surface area contributed by atoms with E-state index in [0.717, 1.165) is 38.5 Å². The molecular formula is C16H27N3O4. The van der Waals surface area contributed by atoms with Gasteiger partial charge in [-0.15, -0.1) is 0 Å². The van der Waals surface area contributed by atoms with Crippen LogP contribution in [0.15, 0.2) is 15.7 Å². The number of aromatic nitrogens is 2. The molecule has 1 aliphatic rings. The topological polar surface area (TPSA) is 88.5 Å². The van der Waals surface area contributed by atoms with E-state index in [1.807, 2.05) is 0 Å². The Morgan fingerprint density at radius 2 is 2.09 bits per heavy atom. The summed E-state index contributed by atoms with van der Waals surface area (Å²) in [5.41, 5.74) is 5.07. The number of nitrogens with two attached hydrogens (primary N) is 1. The number of hydrogen-bond donors (Lipinski definition) is 1. The first-order valence-corrected chi connectivity index (χ1v) is 8.47. The predicted molar refractivity (Wildman–Crippen MR) is 88.4 cm³/mol. The third-order valence-corrected chi connectivity index (χ3v) is 4.05. The zero-order chi connectivity index (χ0) is 16.7. The maximum Gasteiger partial charge on any atom is 0.332 e. The van der Waals surface area contributed by atoms with Gasteiger partial charge in [0, 0.05) is 19.2 Å². The summed E-state index contributed by atoms with van der Waals surface area (Å²) in [6.07, 6.45) is 5.72. The fourth-order valence-electron chi connectivity index (χ4n) is 2.70. The van der Waals surface area contributed by atoms with E-state index < -0.39 is 0 Å². The Morgan fingerprint density at radius 3 is 2.78 bits per heavy atom. The molecule has 1 unspecified atom stereocenters. The highest BCUT2D eigenvalue weighted by Crippen LogP contribution is 2.13. The quantitative estimate of drug-likeness (QED) is 0.728. The largest absolute Gasteiger partial charge is 0.385 e. The van der Waals surface area contributed by atoms with Crippen molar-refractivity contribution in [1.82, 2.24) is 9.13 Å². The molecule has 130 valence electrons. The second kappa shape index (κ2) is 8.88. The summed E-state index contributed by atoms with van der Waals surface area (Å²) < 4.78 is 13.7. The first-order valence-electron chi connectivity index (χ1n) is 8.47. The van der Waals surface area contributed by atoms with Crippen molar-refractivity contribution in [2.24, 2.45) is 0 Å². The molecule has 1 aliphatic heterocycles. The van der Waals surface area contributed by atoms with E-state index in [1.165, 1.54) is 15.2 Å². The summed E-state index contributed by atoms with van der Waals surface area (Å²) in [5.74, 6) is 0.226. The molecule has 2 rings (SSSR count). The fraction of sp³-hybridized carbons (Fsp3) is 0.750. The maximum absolute atomic E-state index is 12.4. The molecule has 0 saturated carbocycles. The highest BCUT2D eigenvalue weighted by Gasteiger charge is 2.15. The van der Waals surface area contributed by atoms with E-state index in [2.05, 4.69) is 6.92 Å². The lowest BCUT2D eigenvalue weighted by molar-refractivity contribution is -0.163. The number of unbranched alkanes of at least 4 members (excludes halogenated alkanes) is 2. The molecule has 1 aromatic heterocycles. The Kier molecular flexibility index (Phi) is 6.85. The molecule has 1 atom stereocenters. The average molecular weight is 325 g/mol. The van der Waals surface area contributed by atoms with Crippen LogP contribution in [-0.4, -0.2) is 28.6 Å². The van der Waals surface area contributed by atoms with Crippen LogP contribution in [0.2, 0.25) is 0 Å². The highest BCUT2D eigenvalue weighted by atomic mass is 16.7. The molecule has 7 nitrogen and oxygen atoms in total. The number of anilines is 1. The fourth-order valence-corrected chi connectivity index (χ4v) is 2.70. The molecule has 0 aromatic carbocycles. The molecule has 1 saturated heterocycles. The molecule has 1 aromatic rings. The normalized spacial score (nSPS) is 18.2. The second-order valence-corrected chi connectivity index (χ2v) is 5.87. The number of nitrogen functional groups attached to an aromatic ring is 1. The van der Waals surface area contributed by atoms with Gasteiger partial charge in [-0.25, -0.2) is 4.79 Å². The van der Waals surface area contributed by atoms with E-state index in [9.17, 15) is 9.59 Å². The number of rotatable bonds is 8. The molecule has 0 radical (unpaired) electrons. The first kappa shape index (κ1) is 17.7. The minimum Gasteiger partial charge on any atom is -0.385 e. The molecule has 23 heavy (non-hydrogen) atoms. The van der Waals surface area contributed by atoms with Crippen LogP contribution < -0.4 is 17.0 Å². The monoisotopic (exact) mass is 325 g/mol. The molecule has 2 heterocycles. The van der Waals surface area contributed by atoms with E-state index >= 15 is 0 Å². The average Bonchev–Trinajstić information content (AvgIpc) is 2.54. The molecule has 1 fully saturated rings. The van der Waals surface area contributed by atoms with Gasteiger partial charge in [-0.05, 0) is 25.7 Å². The van der Waals surface area contributed by atoms with E-state index in [0.29, 0.717) is 13.2 Å². The maximum atomic E-state index is 12.4. The number of hydrogen-bond acceptors (Lipinski definition) is 5. The Bertz CT molecular complexity index is 602. The van der Waals surface area contributed by atoms with Gasteiger partial charge in [0.1, 0.15) is 5.82 Å². The lowest BCUT2D eigenvalue weighted by Crippen LogP contribution is -2.41. The van der Waals surface area contributed by atoms with Crippen LogP contribution in [0.4, 0.5) is 5.82 Å². The van der Waals surface area contributed by atoms with Crippen molar-refractivity contribution in [2.75, 3.05) is 18.9 Å². The Hall–Kier alpha value is -1.60. The van der Waals surface area contributed by atoms with Gasteiger partial charge in [0.15, 0.2) is 6.29 Å². The predicted octanol–water partition coefficient (Wildman–Crippen LogP) is 1.33. The van der Waals surface area contributed by atoms with E-state index in [-0.39, 0.29) is 36.5 Å². The van der Waals surface area contributed by atoms with Crippen molar-refractivity contribution in [3.8, 4) is 0 Å². The van der Waals surface area contributed by atoms with Crippen LogP contribution >= 0.6 is 0 Å². The molecule has 7 heteroatoms. The van der Waals surface area contributed by atoms with Crippen LogP contribution in [0.3, 0.4) is 0 Å². The van der Waals surface area contributed by atoms with Crippen molar-refractivity contribution in [3.05, 3.63) is 26.9 Å². The summed E-state index contributed by atoms with van der Waals surface area (Å²) in [5, 5.41) is 0. The second-order valence-electron chi connectivity index (χ2n) is 5.87. The number of nitrogens with zero attached hydrogens (tertiary/aromatic N) is 2. The molecule has 0 amide bonds. The Labute approximate surface area is 136 Å². The van der Waals surface area contributed by atoms with Crippen molar-refractivity contribution in [1.29, 1.82) is 0 Å². The van der Waals surface area contributed by atoms with Crippen LogP contribution in [0.1, 0.15) is 45.4 Å². The third-order valence-electron chi connectivity index (χ3n) is 4.05. The van der Waals surface area contributed by atoms with Crippen LogP contribution in [0.25, 0.3) is 0 Å². The lowest BCUT2D eigenvalue weighted by Gasteiger charge is -2.22. The zero-order valence-electron chi connectivity index (χ0n) is 13.8. The van der Waals surface area contributed by atoms with Gasteiger partial charge in [0.2, 0.25) is 0 Å². The van der Waals surface area contributed by atoms with Gasteiger partial charge in [-0.2, -0.15) is 0 Å². The summed E-state index contributed by atoms with van der Waals surface area (Å²) in [6.45, 7) is 3.82. The van der Waals surface area contributed by atoms with Gasteiger partial charge in [0.05, 0.1) is 13.2 Å².